The monoisotopic (exact) mass is 619 g/mol. The summed E-state index contributed by atoms with van der Waals surface area (Å²) in [6.07, 6.45) is 0. The molecule has 3 aromatic carbocycles. The average molecular weight is 621 g/mol. The molecule has 0 fully saturated rings. The lowest BCUT2D eigenvalue weighted by molar-refractivity contribution is -0.137. The van der Waals surface area contributed by atoms with Gasteiger partial charge in [-0.1, -0.05) is 59.2 Å². The summed E-state index contributed by atoms with van der Waals surface area (Å²) < 4.78 is 29.0. The van der Waals surface area contributed by atoms with Crippen LogP contribution in [0.5, 0.6) is 0 Å². The Morgan fingerprint density at radius 2 is 1.62 bits per heavy atom. The molecule has 37 heavy (non-hydrogen) atoms. The number of nitrogens with zero attached hydrogens (tertiary/aromatic N) is 1. The number of hydrogen-bond donors (Lipinski definition) is 2. The first-order valence-electron chi connectivity index (χ1n) is 11.2. The van der Waals surface area contributed by atoms with Crippen molar-refractivity contribution in [2.24, 2.45) is 5.92 Å². The highest BCUT2D eigenvalue weighted by Gasteiger charge is 2.39. The molecule has 3 aromatic rings. The SMILES string of the molecule is CC(C)CN1C(=O)C(Nc2ccc(Br)cc2)=C(Sc2cccc(NS(=O)(=O)c3ccc(Cl)cc3)c2)C1=O. The highest BCUT2D eigenvalue weighted by molar-refractivity contribution is 9.10. The summed E-state index contributed by atoms with van der Waals surface area (Å²) in [5.74, 6) is -0.698. The lowest BCUT2D eigenvalue weighted by atomic mass is 10.2. The molecule has 11 heteroatoms. The van der Waals surface area contributed by atoms with Crippen molar-refractivity contribution < 1.29 is 18.0 Å². The highest BCUT2D eigenvalue weighted by atomic mass is 79.9. The van der Waals surface area contributed by atoms with Gasteiger partial charge in [-0.3, -0.25) is 19.2 Å². The third kappa shape index (κ3) is 6.56. The Morgan fingerprint density at radius 3 is 2.27 bits per heavy atom. The summed E-state index contributed by atoms with van der Waals surface area (Å²) in [4.78, 5) is 28.7. The van der Waals surface area contributed by atoms with Gasteiger partial charge in [0, 0.05) is 32.3 Å². The third-order valence-electron chi connectivity index (χ3n) is 5.22. The smallest absolute Gasteiger partial charge is 0.278 e. The van der Waals surface area contributed by atoms with E-state index in [1.54, 1.807) is 36.4 Å². The normalized spacial score (nSPS) is 14.0. The molecule has 0 bridgehead atoms. The molecule has 1 heterocycles. The first-order valence-corrected chi connectivity index (χ1v) is 14.7. The fraction of sp³-hybridized carbons (Fsp3) is 0.154. The number of nitrogens with one attached hydrogen (secondary N) is 2. The van der Waals surface area contributed by atoms with E-state index in [0.29, 0.717) is 21.3 Å². The molecular weight excluding hydrogens is 598 g/mol. The van der Waals surface area contributed by atoms with Crippen LogP contribution in [-0.2, 0) is 19.6 Å². The Hall–Kier alpha value is -2.79. The fourth-order valence-corrected chi connectivity index (χ4v) is 5.98. The second-order valence-electron chi connectivity index (χ2n) is 8.64. The third-order valence-corrected chi connectivity index (χ3v) is 8.47. The quantitative estimate of drug-likeness (QED) is 0.271. The van der Waals surface area contributed by atoms with E-state index in [2.05, 4.69) is 26.0 Å². The molecule has 1 aliphatic rings. The highest BCUT2D eigenvalue weighted by Crippen LogP contribution is 2.37. The van der Waals surface area contributed by atoms with Crippen LogP contribution in [-0.4, -0.2) is 31.7 Å². The van der Waals surface area contributed by atoms with Crippen LogP contribution in [0, 0.1) is 5.92 Å². The van der Waals surface area contributed by atoms with Gasteiger partial charge in [-0.05, 0) is 72.6 Å². The summed E-state index contributed by atoms with van der Waals surface area (Å²) in [6.45, 7) is 4.15. The first-order chi connectivity index (χ1) is 17.5. The summed E-state index contributed by atoms with van der Waals surface area (Å²) in [7, 11) is -3.85. The molecule has 7 nitrogen and oxygen atoms in total. The number of benzene rings is 3. The maximum Gasteiger partial charge on any atom is 0.278 e. The van der Waals surface area contributed by atoms with Crippen molar-refractivity contribution in [3.05, 3.63) is 92.9 Å². The van der Waals surface area contributed by atoms with Gasteiger partial charge in [-0.2, -0.15) is 0 Å². The summed E-state index contributed by atoms with van der Waals surface area (Å²) >= 11 is 10.4. The number of amides is 2. The molecule has 0 atom stereocenters. The van der Waals surface area contributed by atoms with E-state index < -0.39 is 21.8 Å². The molecule has 2 N–H and O–H groups in total. The number of sulfonamides is 1. The van der Waals surface area contributed by atoms with E-state index in [0.717, 1.165) is 16.2 Å². The molecule has 4 rings (SSSR count). The lowest BCUT2D eigenvalue weighted by Gasteiger charge is -2.17. The Bertz CT molecular complexity index is 1470. The standard InChI is InChI=1S/C26H23BrClN3O4S2/c1-16(2)15-31-25(32)23(29-19-10-6-17(27)7-11-19)24(26(31)33)36-21-5-3-4-20(14-21)30-37(34,35)22-12-8-18(28)9-13-22/h3-14,16,29-30H,15H2,1-2H3. The maximum absolute atomic E-state index is 13.3. The number of halogens is 2. The van der Waals surface area contributed by atoms with E-state index in [4.69, 9.17) is 11.6 Å². The van der Waals surface area contributed by atoms with Crippen LogP contribution in [0.1, 0.15) is 13.8 Å². The van der Waals surface area contributed by atoms with Crippen LogP contribution >= 0.6 is 39.3 Å². The zero-order valence-electron chi connectivity index (χ0n) is 19.9. The van der Waals surface area contributed by atoms with Crippen LogP contribution in [0.15, 0.2) is 97.7 Å². The molecular formula is C26H23BrClN3O4S2. The molecule has 0 saturated heterocycles. The molecule has 0 unspecified atom stereocenters. The average Bonchev–Trinajstić information content (AvgIpc) is 3.04. The number of hydrogen-bond acceptors (Lipinski definition) is 6. The van der Waals surface area contributed by atoms with Crippen LogP contribution in [0.4, 0.5) is 11.4 Å². The summed E-state index contributed by atoms with van der Waals surface area (Å²) in [5.41, 5.74) is 1.16. The number of carbonyl (C=O) groups is 2. The Morgan fingerprint density at radius 1 is 0.946 bits per heavy atom. The summed E-state index contributed by atoms with van der Waals surface area (Å²) in [5, 5.41) is 3.54. The van der Waals surface area contributed by atoms with Gasteiger partial charge in [0.15, 0.2) is 0 Å². The minimum Gasteiger partial charge on any atom is -0.350 e. The zero-order valence-corrected chi connectivity index (χ0v) is 23.8. The Balaban J connectivity index is 1.63. The minimum absolute atomic E-state index is 0.0690. The minimum atomic E-state index is -3.85. The molecule has 0 spiro atoms. The number of anilines is 2. The van der Waals surface area contributed by atoms with Gasteiger partial charge in [-0.15, -0.1) is 0 Å². The van der Waals surface area contributed by atoms with Crippen molar-refractivity contribution in [2.75, 3.05) is 16.6 Å². The van der Waals surface area contributed by atoms with Crippen LogP contribution in [0.2, 0.25) is 5.02 Å². The predicted octanol–water partition coefficient (Wildman–Crippen LogP) is 6.34. The molecule has 1 aliphatic heterocycles. The van der Waals surface area contributed by atoms with Gasteiger partial charge in [-0.25, -0.2) is 8.42 Å². The number of imide groups is 1. The van der Waals surface area contributed by atoms with Crippen molar-refractivity contribution in [1.82, 2.24) is 4.90 Å². The van der Waals surface area contributed by atoms with E-state index >= 15 is 0 Å². The first kappa shape index (κ1) is 27.3. The van der Waals surface area contributed by atoms with Gasteiger partial charge in [0.05, 0.1) is 4.90 Å². The molecule has 0 aromatic heterocycles. The van der Waals surface area contributed by atoms with Crippen LogP contribution in [0.3, 0.4) is 0 Å². The number of carbonyl (C=O) groups excluding carboxylic acids is 2. The topological polar surface area (TPSA) is 95.6 Å². The van der Waals surface area contributed by atoms with Gasteiger partial charge in [0.25, 0.3) is 21.8 Å². The van der Waals surface area contributed by atoms with E-state index in [-0.39, 0.29) is 28.0 Å². The molecule has 2 amide bonds. The van der Waals surface area contributed by atoms with Gasteiger partial charge >= 0.3 is 0 Å². The Labute approximate surface area is 233 Å². The number of rotatable bonds is 9. The van der Waals surface area contributed by atoms with Crippen molar-refractivity contribution in [3.8, 4) is 0 Å². The molecule has 0 radical (unpaired) electrons. The van der Waals surface area contributed by atoms with Gasteiger partial charge in [0.1, 0.15) is 10.6 Å². The second-order valence-corrected chi connectivity index (χ2v) is 12.8. The van der Waals surface area contributed by atoms with Crippen LogP contribution < -0.4 is 10.0 Å². The van der Waals surface area contributed by atoms with Gasteiger partial charge < -0.3 is 5.32 Å². The van der Waals surface area contributed by atoms with Gasteiger partial charge in [0.2, 0.25) is 0 Å². The molecule has 0 aliphatic carbocycles. The van der Waals surface area contributed by atoms with Crippen molar-refractivity contribution in [2.45, 2.75) is 23.6 Å². The fourth-order valence-electron chi connectivity index (χ4n) is 3.54. The molecule has 192 valence electrons. The second kappa shape index (κ2) is 11.3. The van der Waals surface area contributed by atoms with Crippen molar-refractivity contribution >= 4 is 72.5 Å². The van der Waals surface area contributed by atoms with E-state index in [1.165, 1.54) is 29.2 Å². The van der Waals surface area contributed by atoms with Crippen molar-refractivity contribution in [1.29, 1.82) is 0 Å². The molecule has 0 saturated carbocycles. The van der Waals surface area contributed by atoms with Crippen LogP contribution in [0.25, 0.3) is 0 Å². The Kier molecular flexibility index (Phi) is 8.33. The predicted molar refractivity (Wildman–Crippen MR) is 151 cm³/mol. The summed E-state index contributed by atoms with van der Waals surface area (Å²) in [6, 6.07) is 19.8. The largest absolute Gasteiger partial charge is 0.350 e. The van der Waals surface area contributed by atoms with Crippen molar-refractivity contribution in [3.63, 3.8) is 0 Å². The lowest BCUT2D eigenvalue weighted by Crippen LogP contribution is -2.35. The number of thioether (sulfide) groups is 1. The van der Waals surface area contributed by atoms with E-state index in [1.807, 2.05) is 26.0 Å². The zero-order chi connectivity index (χ0) is 26.7. The maximum atomic E-state index is 13.3. The van der Waals surface area contributed by atoms with E-state index in [9.17, 15) is 18.0 Å².